The Kier molecular flexibility index (Phi) is 4.85. The molecule has 3 nitrogen and oxygen atoms in total. The molecule has 1 aliphatic rings. The highest BCUT2D eigenvalue weighted by Crippen LogP contribution is 2.37. The zero-order chi connectivity index (χ0) is 14.0. The average molecular weight is 257 g/mol. The molecule has 1 aliphatic heterocycles. The summed E-state index contributed by atoms with van der Waals surface area (Å²) in [7, 11) is 0. The van der Waals surface area contributed by atoms with Crippen molar-refractivity contribution in [2.75, 3.05) is 19.9 Å². The lowest BCUT2D eigenvalue weighted by atomic mass is 9.80. The Morgan fingerprint density at radius 1 is 1.11 bits per heavy atom. The lowest BCUT2D eigenvalue weighted by molar-refractivity contribution is -0.119. The molecule has 0 aromatic carbocycles. The molecular formula is C15H31NO2. The first-order valence-electron chi connectivity index (χ1n) is 7.07. The van der Waals surface area contributed by atoms with Gasteiger partial charge in [0.2, 0.25) is 0 Å². The Balaban J connectivity index is 2.57. The van der Waals surface area contributed by atoms with Crippen molar-refractivity contribution in [3.05, 3.63) is 0 Å². The summed E-state index contributed by atoms with van der Waals surface area (Å²) < 4.78 is 5.87. The normalized spacial score (nSPS) is 24.2. The Labute approximate surface area is 113 Å². The van der Waals surface area contributed by atoms with Crippen LogP contribution in [0.1, 0.15) is 60.8 Å². The fraction of sp³-hybridized carbons (Fsp3) is 1.00. The number of rotatable bonds is 5. The van der Waals surface area contributed by atoms with Gasteiger partial charge in [-0.2, -0.15) is 0 Å². The average Bonchev–Trinajstić information content (AvgIpc) is 2.21. The van der Waals surface area contributed by atoms with E-state index in [-0.39, 0.29) is 23.1 Å². The Morgan fingerprint density at radius 2 is 1.61 bits per heavy atom. The van der Waals surface area contributed by atoms with Crippen LogP contribution in [-0.2, 0) is 4.74 Å². The molecule has 0 amide bonds. The predicted molar refractivity (Wildman–Crippen MR) is 75.5 cm³/mol. The fourth-order valence-electron chi connectivity index (χ4n) is 2.85. The lowest BCUT2D eigenvalue weighted by Gasteiger charge is -2.52. The molecule has 0 radical (unpaired) electrons. The number of hydrogen-bond acceptors (Lipinski definition) is 3. The van der Waals surface area contributed by atoms with Gasteiger partial charge in [0.15, 0.2) is 0 Å². The maximum absolute atomic E-state index is 9.24. The monoisotopic (exact) mass is 257 g/mol. The minimum atomic E-state index is -0.149. The van der Waals surface area contributed by atoms with Crippen molar-refractivity contribution in [3.63, 3.8) is 0 Å². The Hall–Kier alpha value is -0.120. The predicted octanol–water partition coefficient (Wildman–Crippen LogP) is 3.02. The molecule has 3 heteroatoms. The molecule has 0 atom stereocenters. The first-order valence-corrected chi connectivity index (χ1v) is 7.07. The number of aliphatic hydroxyl groups excluding tert-OH is 1. The minimum Gasteiger partial charge on any atom is -0.396 e. The molecule has 0 saturated carbocycles. The molecule has 1 heterocycles. The highest BCUT2D eigenvalue weighted by Gasteiger charge is 2.41. The second kappa shape index (κ2) is 5.48. The third kappa shape index (κ3) is 3.94. The summed E-state index contributed by atoms with van der Waals surface area (Å²) >= 11 is 0. The fourth-order valence-corrected chi connectivity index (χ4v) is 2.85. The SMILES string of the molecule is CC(C)(CO)COCN1C(C)(C)CCCC1(C)C. The quantitative estimate of drug-likeness (QED) is 0.822. The lowest BCUT2D eigenvalue weighted by Crippen LogP contribution is -2.59. The minimum absolute atomic E-state index is 0.149. The third-order valence-corrected chi connectivity index (χ3v) is 4.18. The summed E-state index contributed by atoms with van der Waals surface area (Å²) in [6, 6.07) is 0. The van der Waals surface area contributed by atoms with Gasteiger partial charge in [-0.1, -0.05) is 13.8 Å². The maximum atomic E-state index is 9.24. The molecule has 0 bridgehead atoms. The summed E-state index contributed by atoms with van der Waals surface area (Å²) in [4.78, 5) is 2.47. The second-order valence-corrected chi connectivity index (χ2v) is 7.71. The maximum Gasteiger partial charge on any atom is 0.0999 e. The van der Waals surface area contributed by atoms with E-state index in [0.29, 0.717) is 13.3 Å². The van der Waals surface area contributed by atoms with Gasteiger partial charge >= 0.3 is 0 Å². The molecule has 0 aromatic heterocycles. The topological polar surface area (TPSA) is 32.7 Å². The van der Waals surface area contributed by atoms with Crippen molar-refractivity contribution in [2.24, 2.45) is 5.41 Å². The van der Waals surface area contributed by atoms with Crippen molar-refractivity contribution in [1.82, 2.24) is 4.90 Å². The van der Waals surface area contributed by atoms with Gasteiger partial charge in [-0.3, -0.25) is 4.90 Å². The van der Waals surface area contributed by atoms with Crippen molar-refractivity contribution in [1.29, 1.82) is 0 Å². The van der Waals surface area contributed by atoms with Gasteiger partial charge in [0.1, 0.15) is 0 Å². The zero-order valence-electron chi connectivity index (χ0n) is 13.0. The van der Waals surface area contributed by atoms with Crippen LogP contribution in [0.25, 0.3) is 0 Å². The van der Waals surface area contributed by atoms with Gasteiger partial charge in [-0.15, -0.1) is 0 Å². The van der Waals surface area contributed by atoms with E-state index in [0.717, 1.165) is 0 Å². The number of hydrogen-bond donors (Lipinski definition) is 1. The van der Waals surface area contributed by atoms with Gasteiger partial charge in [0.05, 0.1) is 19.9 Å². The number of nitrogens with zero attached hydrogens (tertiary/aromatic N) is 1. The van der Waals surface area contributed by atoms with Gasteiger partial charge in [-0.25, -0.2) is 0 Å². The molecule has 1 saturated heterocycles. The van der Waals surface area contributed by atoms with E-state index in [1.54, 1.807) is 0 Å². The van der Waals surface area contributed by atoms with E-state index in [9.17, 15) is 5.11 Å². The summed E-state index contributed by atoms with van der Waals surface area (Å²) in [6.07, 6.45) is 3.74. The van der Waals surface area contributed by atoms with E-state index >= 15 is 0 Å². The number of likely N-dealkylation sites (tertiary alicyclic amines) is 1. The highest BCUT2D eigenvalue weighted by atomic mass is 16.5. The summed E-state index contributed by atoms with van der Waals surface area (Å²) in [5.41, 5.74) is 0.250. The molecular weight excluding hydrogens is 226 g/mol. The van der Waals surface area contributed by atoms with Crippen molar-refractivity contribution >= 4 is 0 Å². The van der Waals surface area contributed by atoms with Crippen LogP contribution in [-0.4, -0.2) is 41.0 Å². The summed E-state index contributed by atoms with van der Waals surface area (Å²) in [5, 5.41) is 9.24. The standard InChI is InChI=1S/C15H31NO2/c1-13(2,10-17)11-18-12-16-14(3,4)8-7-9-15(16,5)6/h17H,7-12H2,1-6H3. The molecule has 1 N–H and O–H groups in total. The first kappa shape index (κ1) is 15.9. The van der Waals surface area contributed by atoms with E-state index in [2.05, 4.69) is 32.6 Å². The van der Waals surface area contributed by atoms with Crippen LogP contribution in [0.15, 0.2) is 0 Å². The van der Waals surface area contributed by atoms with Crippen molar-refractivity contribution in [2.45, 2.75) is 71.9 Å². The van der Waals surface area contributed by atoms with Gasteiger partial charge in [0.25, 0.3) is 0 Å². The smallest absolute Gasteiger partial charge is 0.0999 e. The molecule has 1 fully saturated rings. The highest BCUT2D eigenvalue weighted by molar-refractivity contribution is 4.95. The van der Waals surface area contributed by atoms with E-state index in [4.69, 9.17) is 4.74 Å². The van der Waals surface area contributed by atoms with Gasteiger partial charge < -0.3 is 9.84 Å². The van der Waals surface area contributed by atoms with Crippen molar-refractivity contribution in [3.8, 4) is 0 Å². The number of aliphatic hydroxyl groups is 1. The molecule has 108 valence electrons. The molecule has 18 heavy (non-hydrogen) atoms. The van der Waals surface area contributed by atoms with E-state index in [1.165, 1.54) is 19.3 Å². The van der Waals surface area contributed by atoms with Crippen LogP contribution in [0, 0.1) is 5.41 Å². The summed E-state index contributed by atoms with van der Waals surface area (Å²) in [5.74, 6) is 0. The third-order valence-electron chi connectivity index (χ3n) is 4.18. The Bertz CT molecular complexity index is 256. The van der Waals surface area contributed by atoms with Crippen LogP contribution in [0.5, 0.6) is 0 Å². The first-order chi connectivity index (χ1) is 8.11. The van der Waals surface area contributed by atoms with Crippen LogP contribution in [0.4, 0.5) is 0 Å². The molecule has 1 rings (SSSR count). The van der Waals surface area contributed by atoms with Crippen LogP contribution in [0.3, 0.4) is 0 Å². The summed E-state index contributed by atoms with van der Waals surface area (Å²) in [6.45, 7) is 14.7. The largest absolute Gasteiger partial charge is 0.396 e. The van der Waals surface area contributed by atoms with Crippen LogP contribution < -0.4 is 0 Å². The molecule has 0 spiro atoms. The van der Waals surface area contributed by atoms with Gasteiger partial charge in [0, 0.05) is 16.5 Å². The number of ether oxygens (including phenoxy) is 1. The van der Waals surface area contributed by atoms with Crippen molar-refractivity contribution < 1.29 is 9.84 Å². The zero-order valence-corrected chi connectivity index (χ0v) is 13.0. The Morgan fingerprint density at radius 3 is 2.06 bits per heavy atom. The van der Waals surface area contributed by atoms with E-state index in [1.807, 2.05) is 13.8 Å². The van der Waals surface area contributed by atoms with Crippen LogP contribution in [0.2, 0.25) is 0 Å². The van der Waals surface area contributed by atoms with Gasteiger partial charge in [-0.05, 0) is 47.0 Å². The molecule has 0 aliphatic carbocycles. The second-order valence-electron chi connectivity index (χ2n) is 7.71. The molecule has 0 unspecified atom stereocenters. The number of piperidine rings is 1. The van der Waals surface area contributed by atoms with E-state index < -0.39 is 0 Å². The van der Waals surface area contributed by atoms with Crippen LogP contribution >= 0.6 is 0 Å². The molecule has 0 aromatic rings.